The van der Waals surface area contributed by atoms with Gasteiger partial charge < -0.3 is 10.1 Å². The van der Waals surface area contributed by atoms with Crippen molar-refractivity contribution < 1.29 is 9.13 Å². The number of rotatable bonds is 7. The van der Waals surface area contributed by atoms with Crippen molar-refractivity contribution in [2.75, 3.05) is 13.2 Å². The number of hydrogen-bond donors (Lipinski definition) is 1. The first-order chi connectivity index (χ1) is 8.19. The van der Waals surface area contributed by atoms with Crippen LogP contribution in [0.1, 0.15) is 31.9 Å². The van der Waals surface area contributed by atoms with Crippen LogP contribution >= 0.6 is 0 Å². The lowest BCUT2D eigenvalue weighted by Gasteiger charge is -2.14. The zero-order valence-electron chi connectivity index (χ0n) is 10.5. The van der Waals surface area contributed by atoms with Crippen LogP contribution in [0, 0.1) is 5.82 Å². The quantitative estimate of drug-likeness (QED) is 0.733. The summed E-state index contributed by atoms with van der Waals surface area (Å²) in [6, 6.07) is 5.22. The van der Waals surface area contributed by atoms with Gasteiger partial charge in [-0.3, -0.25) is 0 Å². The van der Waals surface area contributed by atoms with Crippen LogP contribution in [0.15, 0.2) is 30.9 Å². The van der Waals surface area contributed by atoms with Gasteiger partial charge in [0.2, 0.25) is 0 Å². The number of benzene rings is 1. The van der Waals surface area contributed by atoms with Gasteiger partial charge in [-0.2, -0.15) is 0 Å². The summed E-state index contributed by atoms with van der Waals surface area (Å²) >= 11 is 0. The van der Waals surface area contributed by atoms with Gasteiger partial charge in [0.1, 0.15) is 6.61 Å². The molecule has 94 valence electrons. The van der Waals surface area contributed by atoms with E-state index in [1.165, 1.54) is 6.07 Å². The van der Waals surface area contributed by atoms with Gasteiger partial charge in [0.25, 0.3) is 0 Å². The SMILES string of the molecule is C=CCOc1ccc(C(C)NCCC)cc1F. The molecule has 0 fully saturated rings. The fourth-order valence-electron chi connectivity index (χ4n) is 1.53. The van der Waals surface area contributed by atoms with E-state index in [1.807, 2.05) is 13.0 Å². The second kappa shape index (κ2) is 7.07. The molecule has 1 unspecified atom stereocenters. The molecule has 0 spiro atoms. The van der Waals surface area contributed by atoms with Crippen molar-refractivity contribution in [1.82, 2.24) is 5.32 Å². The molecule has 3 heteroatoms. The summed E-state index contributed by atoms with van der Waals surface area (Å²) in [5.74, 6) is -0.0501. The average molecular weight is 237 g/mol. The van der Waals surface area contributed by atoms with E-state index in [2.05, 4.69) is 18.8 Å². The van der Waals surface area contributed by atoms with E-state index in [-0.39, 0.29) is 17.6 Å². The maximum absolute atomic E-state index is 13.7. The molecule has 0 aliphatic rings. The lowest BCUT2D eigenvalue weighted by molar-refractivity contribution is 0.341. The third-order valence-electron chi connectivity index (χ3n) is 2.51. The minimum atomic E-state index is -0.325. The summed E-state index contributed by atoms with van der Waals surface area (Å²) < 4.78 is 18.9. The largest absolute Gasteiger partial charge is 0.486 e. The Bertz CT molecular complexity index is 365. The van der Waals surface area contributed by atoms with Gasteiger partial charge in [0.15, 0.2) is 11.6 Å². The zero-order chi connectivity index (χ0) is 12.7. The molecule has 1 N–H and O–H groups in total. The lowest BCUT2D eigenvalue weighted by atomic mass is 10.1. The van der Waals surface area contributed by atoms with E-state index in [4.69, 9.17) is 4.74 Å². The highest BCUT2D eigenvalue weighted by Crippen LogP contribution is 2.22. The zero-order valence-corrected chi connectivity index (χ0v) is 10.5. The van der Waals surface area contributed by atoms with E-state index in [1.54, 1.807) is 12.1 Å². The number of ether oxygens (including phenoxy) is 1. The summed E-state index contributed by atoms with van der Waals surface area (Å²) in [6.45, 7) is 8.90. The molecule has 1 atom stereocenters. The van der Waals surface area contributed by atoms with Crippen LogP contribution in [-0.4, -0.2) is 13.2 Å². The van der Waals surface area contributed by atoms with Gasteiger partial charge in [-0.1, -0.05) is 25.6 Å². The molecule has 0 saturated heterocycles. The number of hydrogen-bond acceptors (Lipinski definition) is 2. The molecule has 17 heavy (non-hydrogen) atoms. The van der Waals surface area contributed by atoms with Crippen LogP contribution in [0.3, 0.4) is 0 Å². The fraction of sp³-hybridized carbons (Fsp3) is 0.429. The van der Waals surface area contributed by atoms with Gasteiger partial charge in [-0.05, 0) is 37.6 Å². The highest BCUT2D eigenvalue weighted by molar-refractivity contribution is 5.31. The Morgan fingerprint density at radius 1 is 1.53 bits per heavy atom. The maximum Gasteiger partial charge on any atom is 0.165 e. The second-order valence-electron chi connectivity index (χ2n) is 3.97. The van der Waals surface area contributed by atoms with E-state index in [0.717, 1.165) is 18.5 Å². The first kappa shape index (κ1) is 13.7. The molecule has 1 aromatic rings. The van der Waals surface area contributed by atoms with Crippen molar-refractivity contribution in [3.63, 3.8) is 0 Å². The molecule has 0 amide bonds. The van der Waals surface area contributed by atoms with Crippen LogP contribution in [0.5, 0.6) is 5.75 Å². The Morgan fingerprint density at radius 3 is 2.88 bits per heavy atom. The summed E-state index contributed by atoms with van der Waals surface area (Å²) in [5, 5.41) is 3.31. The molecule has 1 rings (SSSR count). The highest BCUT2D eigenvalue weighted by atomic mass is 19.1. The predicted molar refractivity (Wildman–Crippen MR) is 68.8 cm³/mol. The molecule has 0 aliphatic heterocycles. The van der Waals surface area contributed by atoms with Gasteiger partial charge in [-0.25, -0.2) is 4.39 Å². The third-order valence-corrected chi connectivity index (χ3v) is 2.51. The van der Waals surface area contributed by atoms with Gasteiger partial charge in [0.05, 0.1) is 0 Å². The summed E-state index contributed by atoms with van der Waals surface area (Å²) in [5.41, 5.74) is 0.932. The van der Waals surface area contributed by atoms with Crippen LogP contribution in [-0.2, 0) is 0 Å². The van der Waals surface area contributed by atoms with Crippen molar-refractivity contribution in [2.24, 2.45) is 0 Å². The minimum Gasteiger partial charge on any atom is -0.486 e. The van der Waals surface area contributed by atoms with E-state index >= 15 is 0 Å². The Morgan fingerprint density at radius 2 is 2.29 bits per heavy atom. The Labute approximate surface area is 102 Å². The topological polar surface area (TPSA) is 21.3 Å². The monoisotopic (exact) mass is 237 g/mol. The third kappa shape index (κ3) is 4.19. The van der Waals surface area contributed by atoms with Crippen LogP contribution in [0.25, 0.3) is 0 Å². The molecule has 2 nitrogen and oxygen atoms in total. The van der Waals surface area contributed by atoms with Crippen molar-refractivity contribution in [2.45, 2.75) is 26.3 Å². The minimum absolute atomic E-state index is 0.151. The molecule has 0 heterocycles. The Hall–Kier alpha value is -1.35. The predicted octanol–water partition coefficient (Wildman–Crippen LogP) is 3.45. The first-order valence-corrected chi connectivity index (χ1v) is 5.95. The molecule has 0 bridgehead atoms. The number of halogens is 1. The molecule has 0 aliphatic carbocycles. The van der Waals surface area contributed by atoms with Crippen molar-refractivity contribution in [3.8, 4) is 5.75 Å². The van der Waals surface area contributed by atoms with Crippen LogP contribution in [0.4, 0.5) is 4.39 Å². The molecular weight excluding hydrogens is 217 g/mol. The summed E-state index contributed by atoms with van der Waals surface area (Å²) in [7, 11) is 0. The standard InChI is InChI=1S/C14H20FNO/c1-4-8-16-11(3)12-6-7-14(13(15)10-12)17-9-5-2/h5-7,10-11,16H,2,4,8-9H2,1,3H3. The van der Waals surface area contributed by atoms with Gasteiger partial charge in [-0.15, -0.1) is 0 Å². The van der Waals surface area contributed by atoms with E-state index in [9.17, 15) is 4.39 Å². The Kier molecular flexibility index (Phi) is 5.70. The van der Waals surface area contributed by atoms with Crippen LogP contribution < -0.4 is 10.1 Å². The average Bonchev–Trinajstić information content (AvgIpc) is 2.34. The second-order valence-corrected chi connectivity index (χ2v) is 3.97. The molecule has 1 aromatic carbocycles. The smallest absolute Gasteiger partial charge is 0.165 e. The first-order valence-electron chi connectivity index (χ1n) is 5.95. The highest BCUT2D eigenvalue weighted by Gasteiger charge is 2.08. The van der Waals surface area contributed by atoms with Crippen molar-refractivity contribution >= 4 is 0 Å². The van der Waals surface area contributed by atoms with Crippen LogP contribution in [0.2, 0.25) is 0 Å². The summed E-state index contributed by atoms with van der Waals surface area (Å²) in [4.78, 5) is 0. The van der Waals surface area contributed by atoms with Gasteiger partial charge in [0, 0.05) is 6.04 Å². The van der Waals surface area contributed by atoms with Crippen molar-refractivity contribution in [3.05, 3.63) is 42.2 Å². The maximum atomic E-state index is 13.7. The molecule has 0 aromatic heterocycles. The fourth-order valence-corrected chi connectivity index (χ4v) is 1.53. The van der Waals surface area contributed by atoms with Gasteiger partial charge >= 0.3 is 0 Å². The summed E-state index contributed by atoms with van der Waals surface area (Å²) in [6.07, 6.45) is 2.66. The van der Waals surface area contributed by atoms with Crippen molar-refractivity contribution in [1.29, 1.82) is 0 Å². The number of nitrogens with one attached hydrogen (secondary N) is 1. The molecule has 0 saturated carbocycles. The lowest BCUT2D eigenvalue weighted by Crippen LogP contribution is -2.19. The van der Waals surface area contributed by atoms with E-state index in [0.29, 0.717) is 6.61 Å². The normalized spacial score (nSPS) is 12.2. The Balaban J connectivity index is 2.70. The van der Waals surface area contributed by atoms with E-state index < -0.39 is 0 Å². The molecule has 0 radical (unpaired) electrons. The molecular formula is C14H20FNO.